The van der Waals surface area contributed by atoms with Gasteiger partial charge in [0.25, 0.3) is 5.91 Å². The van der Waals surface area contributed by atoms with E-state index in [2.05, 4.69) is 21.2 Å². The highest BCUT2D eigenvalue weighted by atomic mass is 79.9. The van der Waals surface area contributed by atoms with Crippen molar-refractivity contribution in [2.24, 2.45) is 0 Å². The first-order valence-corrected chi connectivity index (χ1v) is 5.58. The van der Waals surface area contributed by atoms with E-state index in [-0.39, 0.29) is 4.47 Å². The Morgan fingerprint density at radius 3 is 2.24 bits per heavy atom. The molecule has 0 saturated carbocycles. The van der Waals surface area contributed by atoms with Crippen molar-refractivity contribution in [2.75, 3.05) is 12.4 Å². The van der Waals surface area contributed by atoms with Crippen molar-refractivity contribution in [3.8, 4) is 0 Å². The van der Waals surface area contributed by atoms with Crippen LogP contribution in [-0.4, -0.2) is 18.6 Å². The van der Waals surface area contributed by atoms with Gasteiger partial charge >= 0.3 is 0 Å². The van der Waals surface area contributed by atoms with E-state index in [0.29, 0.717) is 0 Å². The Kier molecular flexibility index (Phi) is 4.21. The summed E-state index contributed by atoms with van der Waals surface area (Å²) in [5.41, 5.74) is -1.64. The Morgan fingerprint density at radius 1 is 1.35 bits per heavy atom. The van der Waals surface area contributed by atoms with E-state index in [1.165, 1.54) is 21.0 Å². The lowest BCUT2D eigenvalue weighted by Gasteiger charge is -2.22. The number of halogens is 3. The average molecular weight is 308 g/mol. The van der Waals surface area contributed by atoms with Gasteiger partial charge in [0, 0.05) is 11.6 Å². The zero-order valence-corrected chi connectivity index (χ0v) is 11.2. The second kappa shape index (κ2) is 5.10. The summed E-state index contributed by atoms with van der Waals surface area (Å²) in [6.07, 6.45) is 0. The summed E-state index contributed by atoms with van der Waals surface area (Å²) < 4.78 is 32.0. The molecule has 0 aromatic heterocycles. The minimum Gasteiger partial charge on any atom is -0.369 e. The first kappa shape index (κ1) is 14.1. The van der Waals surface area contributed by atoms with Gasteiger partial charge in [-0.05, 0) is 26.0 Å². The lowest BCUT2D eigenvalue weighted by atomic mass is 10.1. The van der Waals surface area contributed by atoms with Crippen LogP contribution in [0.25, 0.3) is 0 Å². The van der Waals surface area contributed by atoms with Crippen LogP contribution in [0.1, 0.15) is 13.8 Å². The van der Waals surface area contributed by atoms with E-state index in [1.807, 2.05) is 0 Å². The quantitative estimate of drug-likeness (QED) is 0.932. The fourth-order valence-electron chi connectivity index (χ4n) is 1.02. The van der Waals surface area contributed by atoms with E-state index in [0.717, 1.165) is 12.1 Å². The van der Waals surface area contributed by atoms with Crippen molar-refractivity contribution in [1.29, 1.82) is 0 Å². The molecule has 6 heteroatoms. The summed E-state index contributed by atoms with van der Waals surface area (Å²) in [6.45, 7) is 2.99. The first-order valence-electron chi connectivity index (χ1n) is 4.79. The third-order valence-electron chi connectivity index (χ3n) is 2.30. The number of methoxy groups -OCH3 is 1. The molecule has 3 nitrogen and oxygen atoms in total. The number of carbonyl (C=O) groups is 1. The standard InChI is InChI=1S/C11H12BrF2NO2/c1-11(2,17-3)10(16)15-9-7(13)4-6(12)5-8(9)14/h4-5H,1-3H3,(H,15,16). The van der Waals surface area contributed by atoms with Gasteiger partial charge in [-0.25, -0.2) is 8.78 Å². The molecule has 1 aromatic carbocycles. The predicted molar refractivity (Wildman–Crippen MR) is 63.8 cm³/mol. The van der Waals surface area contributed by atoms with Crippen LogP contribution in [0.2, 0.25) is 0 Å². The highest BCUT2D eigenvalue weighted by molar-refractivity contribution is 9.10. The monoisotopic (exact) mass is 307 g/mol. The Balaban J connectivity index is 3.01. The third kappa shape index (κ3) is 3.23. The van der Waals surface area contributed by atoms with E-state index >= 15 is 0 Å². The number of carbonyl (C=O) groups excluding carboxylic acids is 1. The lowest BCUT2D eigenvalue weighted by Crippen LogP contribution is -2.39. The van der Waals surface area contributed by atoms with Crippen LogP contribution in [0.5, 0.6) is 0 Å². The summed E-state index contributed by atoms with van der Waals surface area (Å²) >= 11 is 2.95. The molecule has 0 spiro atoms. The molecule has 0 bridgehead atoms. The average Bonchev–Trinajstić information content (AvgIpc) is 2.22. The number of ether oxygens (including phenoxy) is 1. The zero-order chi connectivity index (χ0) is 13.2. The summed E-state index contributed by atoms with van der Waals surface area (Å²) in [5, 5.41) is 2.16. The Bertz CT molecular complexity index is 426. The molecule has 0 aliphatic carbocycles. The summed E-state index contributed by atoms with van der Waals surface area (Å²) in [4.78, 5) is 11.7. The summed E-state index contributed by atoms with van der Waals surface area (Å²) in [7, 11) is 1.34. The molecule has 94 valence electrons. The molecule has 17 heavy (non-hydrogen) atoms. The van der Waals surface area contributed by atoms with Gasteiger partial charge < -0.3 is 10.1 Å². The van der Waals surface area contributed by atoms with E-state index in [4.69, 9.17) is 4.74 Å². The molecule has 0 aliphatic heterocycles. The van der Waals surface area contributed by atoms with Crippen molar-refractivity contribution in [1.82, 2.24) is 0 Å². The minimum absolute atomic E-state index is 0.261. The van der Waals surface area contributed by atoms with E-state index in [9.17, 15) is 13.6 Å². The number of benzene rings is 1. The molecular formula is C11H12BrF2NO2. The maximum absolute atomic E-state index is 13.4. The highest BCUT2D eigenvalue weighted by Gasteiger charge is 2.28. The van der Waals surface area contributed by atoms with Crippen molar-refractivity contribution >= 4 is 27.5 Å². The normalized spacial score (nSPS) is 11.4. The minimum atomic E-state index is -1.16. The van der Waals surface area contributed by atoms with Crippen LogP contribution in [0.3, 0.4) is 0 Å². The molecule has 0 fully saturated rings. The number of anilines is 1. The Hall–Kier alpha value is -1.01. The molecular weight excluding hydrogens is 296 g/mol. The van der Waals surface area contributed by atoms with Crippen LogP contribution in [0, 0.1) is 11.6 Å². The molecule has 1 aromatic rings. The maximum atomic E-state index is 13.4. The largest absolute Gasteiger partial charge is 0.369 e. The van der Waals surface area contributed by atoms with Crippen LogP contribution >= 0.6 is 15.9 Å². The number of nitrogens with one attached hydrogen (secondary N) is 1. The molecule has 0 radical (unpaired) electrons. The topological polar surface area (TPSA) is 38.3 Å². The van der Waals surface area contributed by atoms with Gasteiger partial charge in [0.05, 0.1) is 0 Å². The van der Waals surface area contributed by atoms with Gasteiger partial charge in [0.1, 0.15) is 11.3 Å². The molecule has 0 atom stereocenters. The molecule has 0 heterocycles. The number of amides is 1. The summed E-state index contributed by atoms with van der Waals surface area (Å²) in [6, 6.07) is 2.14. The van der Waals surface area contributed by atoms with Gasteiger partial charge in [-0.1, -0.05) is 15.9 Å². The van der Waals surface area contributed by atoms with Gasteiger partial charge in [-0.3, -0.25) is 4.79 Å². The molecule has 1 rings (SSSR count). The maximum Gasteiger partial charge on any atom is 0.256 e. The smallest absolute Gasteiger partial charge is 0.256 e. The zero-order valence-electron chi connectivity index (χ0n) is 9.61. The number of rotatable bonds is 3. The van der Waals surface area contributed by atoms with Gasteiger partial charge in [0.15, 0.2) is 11.6 Å². The lowest BCUT2D eigenvalue weighted by molar-refractivity contribution is -0.133. The molecule has 1 N–H and O–H groups in total. The van der Waals surface area contributed by atoms with Crippen molar-refractivity contribution in [3.63, 3.8) is 0 Å². The van der Waals surface area contributed by atoms with Crippen molar-refractivity contribution in [2.45, 2.75) is 19.4 Å². The van der Waals surface area contributed by atoms with Gasteiger partial charge in [-0.2, -0.15) is 0 Å². The van der Waals surface area contributed by atoms with E-state index < -0.39 is 28.8 Å². The first-order chi connectivity index (χ1) is 7.77. The van der Waals surface area contributed by atoms with Crippen molar-refractivity contribution in [3.05, 3.63) is 28.2 Å². The molecule has 0 aliphatic rings. The van der Waals surface area contributed by atoms with Crippen LogP contribution in [-0.2, 0) is 9.53 Å². The summed E-state index contributed by atoms with van der Waals surface area (Å²) in [5.74, 6) is -2.32. The Labute approximate surface area is 106 Å². The van der Waals surface area contributed by atoms with E-state index in [1.54, 1.807) is 0 Å². The Morgan fingerprint density at radius 2 is 1.82 bits per heavy atom. The second-order valence-electron chi connectivity index (χ2n) is 3.91. The highest BCUT2D eigenvalue weighted by Crippen LogP contribution is 2.24. The number of hydrogen-bond donors (Lipinski definition) is 1. The predicted octanol–water partition coefficient (Wildman–Crippen LogP) is 3.09. The second-order valence-corrected chi connectivity index (χ2v) is 4.83. The van der Waals surface area contributed by atoms with Crippen LogP contribution in [0.4, 0.5) is 14.5 Å². The molecule has 0 unspecified atom stereocenters. The SMILES string of the molecule is COC(C)(C)C(=O)Nc1c(F)cc(Br)cc1F. The van der Waals surface area contributed by atoms with Gasteiger partial charge in [0.2, 0.25) is 0 Å². The molecule has 0 saturated heterocycles. The fraction of sp³-hybridized carbons (Fsp3) is 0.364. The fourth-order valence-corrected chi connectivity index (χ4v) is 1.42. The molecule has 1 amide bonds. The third-order valence-corrected chi connectivity index (χ3v) is 2.76. The van der Waals surface area contributed by atoms with Crippen LogP contribution in [0.15, 0.2) is 16.6 Å². The van der Waals surface area contributed by atoms with Crippen LogP contribution < -0.4 is 5.32 Å². The van der Waals surface area contributed by atoms with Gasteiger partial charge in [-0.15, -0.1) is 0 Å². The van der Waals surface area contributed by atoms with Crippen molar-refractivity contribution < 1.29 is 18.3 Å². The number of hydrogen-bond acceptors (Lipinski definition) is 2.